The second-order valence-corrected chi connectivity index (χ2v) is 12.4. The van der Waals surface area contributed by atoms with Crippen LogP contribution in [0.3, 0.4) is 0 Å². The summed E-state index contributed by atoms with van der Waals surface area (Å²) in [7, 11) is 0. The van der Waals surface area contributed by atoms with Crippen LogP contribution in [-0.2, 0) is 10.2 Å². The molecular formula is C32H34N4O2. The maximum absolute atomic E-state index is 14.1. The van der Waals surface area contributed by atoms with E-state index in [1.54, 1.807) is 6.07 Å². The Morgan fingerprint density at radius 2 is 1.87 bits per heavy atom. The third-order valence-corrected chi connectivity index (χ3v) is 9.63. The Labute approximate surface area is 224 Å². The molecule has 0 bridgehead atoms. The van der Waals surface area contributed by atoms with Crippen LogP contribution in [0.5, 0.6) is 0 Å². The minimum Gasteiger partial charge on any atom is -0.378 e. The van der Waals surface area contributed by atoms with Gasteiger partial charge in [-0.05, 0) is 50.0 Å². The van der Waals surface area contributed by atoms with Crippen molar-refractivity contribution in [1.82, 2.24) is 14.8 Å². The van der Waals surface area contributed by atoms with Crippen LogP contribution in [0, 0.1) is 29.1 Å². The van der Waals surface area contributed by atoms with Gasteiger partial charge in [-0.2, -0.15) is 5.26 Å². The number of benzene rings is 1. The summed E-state index contributed by atoms with van der Waals surface area (Å²) >= 11 is 0. The Morgan fingerprint density at radius 3 is 2.53 bits per heavy atom. The first-order valence-electron chi connectivity index (χ1n) is 13.9. The highest BCUT2D eigenvalue weighted by molar-refractivity contribution is 6.21. The minimum atomic E-state index is -0.345. The van der Waals surface area contributed by atoms with E-state index < -0.39 is 0 Å². The van der Waals surface area contributed by atoms with Gasteiger partial charge in [-0.15, -0.1) is 0 Å². The van der Waals surface area contributed by atoms with Crippen molar-refractivity contribution in [3.63, 3.8) is 0 Å². The van der Waals surface area contributed by atoms with Gasteiger partial charge in [0.1, 0.15) is 0 Å². The molecule has 3 fully saturated rings. The second kappa shape index (κ2) is 8.42. The number of aromatic nitrogens is 1. The fraction of sp³-hybridized carbons (Fsp3) is 0.500. The summed E-state index contributed by atoms with van der Waals surface area (Å²) in [5, 5.41) is 10.3. The molecule has 1 N–H and O–H groups in total. The van der Waals surface area contributed by atoms with E-state index in [1.807, 2.05) is 12.1 Å². The van der Waals surface area contributed by atoms with Gasteiger partial charge in [0.15, 0.2) is 5.78 Å². The van der Waals surface area contributed by atoms with Gasteiger partial charge in [0.2, 0.25) is 0 Å². The predicted octanol–water partition coefficient (Wildman–Crippen LogP) is 4.33. The zero-order valence-corrected chi connectivity index (χ0v) is 22.5. The summed E-state index contributed by atoms with van der Waals surface area (Å²) in [6, 6.07) is 8.36. The topological polar surface area (TPSA) is 72.4 Å². The number of rotatable bonds is 2. The molecule has 3 aliphatic carbocycles. The lowest BCUT2D eigenvalue weighted by Crippen LogP contribution is -2.61. The molecule has 1 aromatic carbocycles. The number of fused-ring (bicyclic) bond motifs is 3. The number of H-pyrrole nitrogens is 1. The molecule has 38 heavy (non-hydrogen) atoms. The first-order valence-corrected chi connectivity index (χ1v) is 13.9. The molecular weight excluding hydrogens is 472 g/mol. The van der Waals surface area contributed by atoms with Crippen molar-refractivity contribution in [2.75, 3.05) is 39.4 Å². The van der Waals surface area contributed by atoms with Gasteiger partial charge >= 0.3 is 0 Å². The molecule has 0 radical (unpaired) electrons. The largest absolute Gasteiger partial charge is 0.378 e. The van der Waals surface area contributed by atoms with E-state index in [0.29, 0.717) is 17.5 Å². The third kappa shape index (κ3) is 3.55. The van der Waals surface area contributed by atoms with E-state index in [1.165, 1.54) is 18.4 Å². The minimum absolute atomic E-state index is 0.0767. The zero-order valence-electron chi connectivity index (χ0n) is 22.5. The summed E-state index contributed by atoms with van der Waals surface area (Å²) in [6.45, 7) is 12.6. The number of allylic oxidation sites excluding steroid dienone is 2. The molecule has 3 heterocycles. The maximum atomic E-state index is 14.1. The SMILES string of the molecule is CC1(C)C2=C(C=C(C#CC3CC3)C(C)(N3CCN(C4COC4)CC3)C2)C(=O)c2c1[nH]c1cc(C#N)ccc21. The number of aromatic amines is 1. The van der Waals surface area contributed by atoms with Crippen LogP contribution >= 0.6 is 0 Å². The Bertz CT molecular complexity index is 1520. The first-order chi connectivity index (χ1) is 18.3. The van der Waals surface area contributed by atoms with Crippen molar-refractivity contribution in [2.45, 2.75) is 57.0 Å². The number of Topliss-reactive ketones (excluding diaryl/α,β-unsaturated/α-hetero) is 1. The fourth-order valence-electron chi connectivity index (χ4n) is 6.81. The Kier molecular flexibility index (Phi) is 5.30. The standard InChI is InChI=1S/C32H34N4O2/c1-31(2)26-16-32(3,36-12-10-35(11-13-36)23-18-38-19-23)22(8-6-20-4-5-20)15-25(26)29(37)28-24-9-7-21(17-33)14-27(24)34-30(28)31/h7,9,14-15,20,23,34H,4-5,10-13,16,18-19H2,1-3H3. The van der Waals surface area contributed by atoms with Crippen molar-refractivity contribution in [3.05, 3.63) is 57.8 Å². The number of nitrogens with zero attached hydrogens (tertiary/aromatic N) is 3. The molecule has 1 saturated carbocycles. The third-order valence-electron chi connectivity index (χ3n) is 9.63. The van der Waals surface area contributed by atoms with Crippen molar-refractivity contribution in [2.24, 2.45) is 5.92 Å². The molecule has 1 aromatic heterocycles. The van der Waals surface area contributed by atoms with Crippen LogP contribution in [0.1, 0.15) is 61.6 Å². The highest BCUT2D eigenvalue weighted by Crippen LogP contribution is 2.51. The lowest BCUT2D eigenvalue weighted by Gasteiger charge is -2.51. The van der Waals surface area contributed by atoms with Crippen LogP contribution in [0.2, 0.25) is 0 Å². The number of nitrogens with one attached hydrogen (secondary N) is 1. The van der Waals surface area contributed by atoms with E-state index in [2.05, 4.69) is 59.5 Å². The van der Waals surface area contributed by atoms with E-state index in [4.69, 9.17) is 4.74 Å². The van der Waals surface area contributed by atoms with Gasteiger partial charge in [0.05, 0.1) is 42.0 Å². The molecule has 7 rings (SSSR count). The van der Waals surface area contributed by atoms with Gasteiger partial charge in [0, 0.05) is 65.3 Å². The van der Waals surface area contributed by atoms with Gasteiger partial charge in [-0.1, -0.05) is 31.8 Å². The highest BCUT2D eigenvalue weighted by Gasteiger charge is 2.49. The molecule has 1 atom stereocenters. The molecule has 1 unspecified atom stereocenters. The average molecular weight is 507 g/mol. The van der Waals surface area contributed by atoms with Crippen molar-refractivity contribution in [1.29, 1.82) is 5.26 Å². The molecule has 6 heteroatoms. The molecule has 0 spiro atoms. The number of piperazine rings is 1. The first kappa shape index (κ1) is 23.9. The zero-order chi connectivity index (χ0) is 26.2. The van der Waals surface area contributed by atoms with E-state index in [9.17, 15) is 10.1 Å². The van der Waals surface area contributed by atoms with Gasteiger partial charge in [-0.3, -0.25) is 14.6 Å². The number of ether oxygens (including phenoxy) is 1. The molecule has 194 valence electrons. The van der Waals surface area contributed by atoms with Gasteiger partial charge in [0.25, 0.3) is 0 Å². The number of hydrogen-bond acceptors (Lipinski definition) is 5. The highest BCUT2D eigenvalue weighted by atomic mass is 16.5. The maximum Gasteiger partial charge on any atom is 0.195 e. The van der Waals surface area contributed by atoms with Gasteiger partial charge < -0.3 is 9.72 Å². The second-order valence-electron chi connectivity index (χ2n) is 12.4. The predicted molar refractivity (Wildman–Crippen MR) is 147 cm³/mol. The molecule has 2 saturated heterocycles. The fourth-order valence-corrected chi connectivity index (χ4v) is 6.81. The number of nitriles is 1. The summed E-state index contributed by atoms with van der Waals surface area (Å²) in [5.74, 6) is 7.67. The van der Waals surface area contributed by atoms with E-state index in [0.717, 1.165) is 79.1 Å². The van der Waals surface area contributed by atoms with Crippen LogP contribution < -0.4 is 0 Å². The Hall–Kier alpha value is -3.16. The number of ketones is 1. The number of carbonyl (C=O) groups is 1. The summed E-state index contributed by atoms with van der Waals surface area (Å²) in [4.78, 5) is 22.9. The lowest BCUT2D eigenvalue weighted by atomic mass is 9.63. The normalized spacial score (nSPS) is 27.6. The van der Waals surface area contributed by atoms with Crippen LogP contribution in [-0.4, -0.2) is 71.5 Å². The van der Waals surface area contributed by atoms with Crippen molar-refractivity contribution in [3.8, 4) is 17.9 Å². The Morgan fingerprint density at radius 1 is 1.11 bits per heavy atom. The molecule has 6 nitrogen and oxygen atoms in total. The lowest BCUT2D eigenvalue weighted by molar-refractivity contribution is -0.0829. The van der Waals surface area contributed by atoms with Crippen molar-refractivity contribution < 1.29 is 9.53 Å². The summed E-state index contributed by atoms with van der Waals surface area (Å²) in [5.41, 5.74) is 5.66. The summed E-state index contributed by atoms with van der Waals surface area (Å²) < 4.78 is 5.44. The number of hydrogen-bond donors (Lipinski definition) is 1. The molecule has 0 amide bonds. The Balaban J connectivity index is 1.30. The quantitative estimate of drug-likeness (QED) is 0.614. The molecule has 2 aliphatic heterocycles. The van der Waals surface area contributed by atoms with Crippen LogP contribution in [0.15, 0.2) is 41.0 Å². The van der Waals surface area contributed by atoms with Crippen LogP contribution in [0.4, 0.5) is 0 Å². The average Bonchev–Trinajstić information content (AvgIpc) is 3.63. The summed E-state index contributed by atoms with van der Waals surface area (Å²) in [6.07, 6.45) is 5.29. The molecule has 5 aliphatic rings. The van der Waals surface area contributed by atoms with Crippen LogP contribution in [0.25, 0.3) is 10.9 Å². The van der Waals surface area contributed by atoms with Gasteiger partial charge in [-0.25, -0.2) is 0 Å². The smallest absolute Gasteiger partial charge is 0.195 e. The van der Waals surface area contributed by atoms with E-state index in [-0.39, 0.29) is 16.7 Å². The number of carbonyl (C=O) groups excluding carboxylic acids is 1. The monoisotopic (exact) mass is 506 g/mol. The van der Waals surface area contributed by atoms with Crippen molar-refractivity contribution >= 4 is 16.7 Å². The molecule has 2 aromatic rings. The van der Waals surface area contributed by atoms with E-state index >= 15 is 0 Å².